The minimum Gasteiger partial charge on any atom is -0.315 e. The second-order valence-electron chi connectivity index (χ2n) is 4.24. The molecule has 0 bridgehead atoms. The third-order valence-corrected chi connectivity index (χ3v) is 3.84. The second-order valence-corrected chi connectivity index (χ2v) is 5.10. The van der Waals surface area contributed by atoms with E-state index in [9.17, 15) is 0 Å². The van der Waals surface area contributed by atoms with Crippen LogP contribution in [0.4, 0.5) is 0 Å². The highest BCUT2D eigenvalue weighted by molar-refractivity contribution is 9.10. The van der Waals surface area contributed by atoms with Crippen molar-refractivity contribution in [3.8, 4) is 0 Å². The van der Waals surface area contributed by atoms with Gasteiger partial charge in [-0.1, -0.05) is 34.1 Å². The molecule has 0 amide bonds. The van der Waals surface area contributed by atoms with Crippen molar-refractivity contribution < 1.29 is 0 Å². The van der Waals surface area contributed by atoms with Crippen molar-refractivity contribution in [3.05, 3.63) is 46.5 Å². The van der Waals surface area contributed by atoms with Crippen LogP contribution in [0, 0.1) is 0 Å². The number of aromatic nitrogens is 3. The van der Waals surface area contributed by atoms with Crippen LogP contribution in [-0.4, -0.2) is 26.2 Å². The minimum atomic E-state index is 0.876. The first-order chi connectivity index (χ1) is 8.33. The van der Waals surface area contributed by atoms with Crippen LogP contribution < -0.4 is 0 Å². The van der Waals surface area contributed by atoms with E-state index in [0.29, 0.717) is 0 Å². The number of fused-ring (bicyclic) bond motifs is 1. The normalized spacial score (nSPS) is 15.8. The lowest BCUT2D eigenvalue weighted by molar-refractivity contribution is 0.208. The summed E-state index contributed by atoms with van der Waals surface area (Å²) in [5.41, 5.74) is 1.32. The van der Waals surface area contributed by atoms with Crippen LogP contribution in [0.25, 0.3) is 0 Å². The van der Waals surface area contributed by atoms with E-state index in [0.717, 1.165) is 32.0 Å². The van der Waals surface area contributed by atoms with Crippen LogP contribution in [-0.2, 0) is 19.6 Å². The predicted molar refractivity (Wildman–Crippen MR) is 68.3 cm³/mol. The molecule has 0 radical (unpaired) electrons. The lowest BCUT2D eigenvalue weighted by Crippen LogP contribution is -2.33. The molecule has 0 fully saturated rings. The van der Waals surface area contributed by atoms with Crippen molar-refractivity contribution in [1.29, 1.82) is 0 Å². The molecular formula is C12H13BrN4. The molecule has 0 saturated carbocycles. The number of hydrogen-bond donors (Lipinski definition) is 0. The number of benzene rings is 1. The Balaban J connectivity index is 1.74. The van der Waals surface area contributed by atoms with E-state index in [1.807, 2.05) is 12.4 Å². The molecule has 0 unspecified atom stereocenters. The van der Waals surface area contributed by atoms with Gasteiger partial charge in [-0.2, -0.15) is 0 Å². The van der Waals surface area contributed by atoms with Crippen molar-refractivity contribution in [2.24, 2.45) is 0 Å². The highest BCUT2D eigenvalue weighted by Gasteiger charge is 2.17. The van der Waals surface area contributed by atoms with Crippen LogP contribution in [0.1, 0.15) is 11.4 Å². The van der Waals surface area contributed by atoms with Gasteiger partial charge in [0, 0.05) is 24.1 Å². The van der Waals surface area contributed by atoms with E-state index in [-0.39, 0.29) is 0 Å². The fourth-order valence-corrected chi connectivity index (χ4v) is 2.53. The first-order valence-electron chi connectivity index (χ1n) is 5.65. The summed E-state index contributed by atoms with van der Waals surface area (Å²) in [6.45, 7) is 3.86. The predicted octanol–water partition coefficient (Wildman–Crippen LogP) is 2.06. The van der Waals surface area contributed by atoms with Crippen LogP contribution in [0.15, 0.2) is 35.1 Å². The Kier molecular flexibility index (Phi) is 2.94. The summed E-state index contributed by atoms with van der Waals surface area (Å²) in [7, 11) is 0. The smallest absolute Gasteiger partial charge is 0.147 e. The van der Waals surface area contributed by atoms with Gasteiger partial charge < -0.3 is 4.57 Å². The Labute approximate surface area is 108 Å². The van der Waals surface area contributed by atoms with E-state index < -0.39 is 0 Å². The van der Waals surface area contributed by atoms with Crippen molar-refractivity contribution in [3.63, 3.8) is 0 Å². The second kappa shape index (κ2) is 4.58. The molecule has 17 heavy (non-hydrogen) atoms. The molecule has 3 rings (SSSR count). The van der Waals surface area contributed by atoms with Gasteiger partial charge in [0.25, 0.3) is 0 Å². The van der Waals surface area contributed by atoms with Crippen molar-refractivity contribution in [2.75, 3.05) is 6.54 Å². The van der Waals surface area contributed by atoms with E-state index in [1.54, 1.807) is 0 Å². The lowest BCUT2D eigenvalue weighted by Gasteiger charge is -2.27. The van der Waals surface area contributed by atoms with Gasteiger partial charge in [0.05, 0.1) is 6.54 Å². The molecule has 5 heteroatoms. The molecule has 0 N–H and O–H groups in total. The molecule has 0 atom stereocenters. The summed E-state index contributed by atoms with van der Waals surface area (Å²) < 4.78 is 3.29. The van der Waals surface area contributed by atoms with E-state index in [4.69, 9.17) is 0 Å². The minimum absolute atomic E-state index is 0.876. The number of rotatable bonds is 2. The Morgan fingerprint density at radius 1 is 1.24 bits per heavy atom. The first kappa shape index (κ1) is 10.9. The van der Waals surface area contributed by atoms with E-state index >= 15 is 0 Å². The number of hydrogen-bond acceptors (Lipinski definition) is 3. The zero-order chi connectivity index (χ0) is 11.7. The van der Waals surface area contributed by atoms with Crippen molar-refractivity contribution in [1.82, 2.24) is 19.7 Å². The zero-order valence-corrected chi connectivity index (χ0v) is 11.0. The maximum Gasteiger partial charge on any atom is 0.147 e. The molecule has 1 aromatic heterocycles. The van der Waals surface area contributed by atoms with Crippen LogP contribution in [0.2, 0.25) is 0 Å². The maximum absolute atomic E-state index is 4.13. The summed E-state index contributed by atoms with van der Waals surface area (Å²) in [5.74, 6) is 1.06. The van der Waals surface area contributed by atoms with Crippen LogP contribution >= 0.6 is 15.9 Å². The highest BCUT2D eigenvalue weighted by atomic mass is 79.9. The van der Waals surface area contributed by atoms with Gasteiger partial charge >= 0.3 is 0 Å². The molecule has 2 heterocycles. The first-order valence-corrected chi connectivity index (χ1v) is 6.44. The standard InChI is InChI=1S/C12H13BrN4/c13-11-4-2-1-3-10(11)7-16-5-6-17-9-14-15-12(17)8-16/h1-4,9H,5-8H2. The van der Waals surface area contributed by atoms with Crippen molar-refractivity contribution >= 4 is 15.9 Å². The van der Waals surface area contributed by atoms with Gasteiger partial charge in [-0.25, -0.2) is 0 Å². The summed E-state index contributed by atoms with van der Waals surface area (Å²) in [6, 6.07) is 8.36. The SMILES string of the molecule is Brc1ccccc1CN1CCn2cnnc2C1. The van der Waals surface area contributed by atoms with Crippen LogP contribution in [0.5, 0.6) is 0 Å². The summed E-state index contributed by atoms with van der Waals surface area (Å²) >= 11 is 3.59. The Morgan fingerprint density at radius 2 is 2.12 bits per heavy atom. The Morgan fingerprint density at radius 3 is 3.00 bits per heavy atom. The van der Waals surface area contributed by atoms with Gasteiger partial charge in [0.15, 0.2) is 0 Å². The molecule has 1 aliphatic heterocycles. The highest BCUT2D eigenvalue weighted by Crippen LogP contribution is 2.19. The maximum atomic E-state index is 4.13. The molecule has 2 aromatic rings. The average molecular weight is 293 g/mol. The molecular weight excluding hydrogens is 280 g/mol. The van der Waals surface area contributed by atoms with Gasteiger partial charge in [-0.15, -0.1) is 10.2 Å². The van der Waals surface area contributed by atoms with E-state index in [2.05, 4.69) is 53.8 Å². The van der Waals surface area contributed by atoms with Gasteiger partial charge in [-0.05, 0) is 11.6 Å². The summed E-state index contributed by atoms with van der Waals surface area (Å²) in [5, 5.41) is 8.07. The fourth-order valence-electron chi connectivity index (χ4n) is 2.12. The molecule has 1 aromatic carbocycles. The topological polar surface area (TPSA) is 34.0 Å². The molecule has 0 aliphatic carbocycles. The van der Waals surface area contributed by atoms with Gasteiger partial charge in [0.2, 0.25) is 0 Å². The lowest BCUT2D eigenvalue weighted by atomic mass is 10.2. The van der Waals surface area contributed by atoms with E-state index in [1.165, 1.54) is 10.0 Å². The quantitative estimate of drug-likeness (QED) is 0.850. The molecule has 0 spiro atoms. The third-order valence-electron chi connectivity index (χ3n) is 3.07. The van der Waals surface area contributed by atoms with Gasteiger partial charge in [-0.3, -0.25) is 4.90 Å². The summed E-state index contributed by atoms with van der Waals surface area (Å²) in [4.78, 5) is 2.39. The molecule has 88 valence electrons. The fraction of sp³-hybridized carbons (Fsp3) is 0.333. The zero-order valence-electron chi connectivity index (χ0n) is 9.38. The average Bonchev–Trinajstić information content (AvgIpc) is 2.79. The van der Waals surface area contributed by atoms with Crippen LogP contribution in [0.3, 0.4) is 0 Å². The third kappa shape index (κ3) is 2.25. The monoisotopic (exact) mass is 292 g/mol. The largest absolute Gasteiger partial charge is 0.315 e. The number of halogens is 1. The molecule has 4 nitrogen and oxygen atoms in total. The molecule has 1 aliphatic rings. The van der Waals surface area contributed by atoms with Crippen molar-refractivity contribution in [2.45, 2.75) is 19.6 Å². The Hall–Kier alpha value is -1.20. The van der Waals surface area contributed by atoms with Gasteiger partial charge in [0.1, 0.15) is 12.2 Å². The summed E-state index contributed by atoms with van der Waals surface area (Å²) in [6.07, 6.45) is 1.81. The Bertz CT molecular complexity index is 523. The molecule has 0 saturated heterocycles. The number of nitrogens with zero attached hydrogens (tertiary/aromatic N) is 4.